The van der Waals surface area contributed by atoms with Crippen LogP contribution in [0, 0.1) is 0 Å². The fourth-order valence-corrected chi connectivity index (χ4v) is 4.60. The minimum absolute atomic E-state index is 0.353. The molecule has 5 rings (SSSR count). The first-order chi connectivity index (χ1) is 17.8. The van der Waals surface area contributed by atoms with Crippen LogP contribution in [0.5, 0.6) is 5.75 Å². The molecular weight excluding hydrogens is 450 g/mol. The van der Waals surface area contributed by atoms with E-state index in [0.29, 0.717) is 24.5 Å². The van der Waals surface area contributed by atoms with Gasteiger partial charge in [0.25, 0.3) is 0 Å². The van der Waals surface area contributed by atoms with Crippen LogP contribution < -0.4 is 10.2 Å². The zero-order valence-corrected chi connectivity index (χ0v) is 20.1. The summed E-state index contributed by atoms with van der Waals surface area (Å²) in [4.78, 5) is 16.0. The summed E-state index contributed by atoms with van der Waals surface area (Å²) < 4.78 is 11.5. The third kappa shape index (κ3) is 5.56. The molecule has 6 nitrogen and oxygen atoms in total. The Kier molecular flexibility index (Phi) is 7.54. The SMILES string of the molecule is O=C(Oc1ccccc1)/C(=C1\CCC(/C=N\Nc2ccccc2)=C1N1CCOCC1)c1ccccc1. The Labute approximate surface area is 211 Å². The second-order valence-corrected chi connectivity index (χ2v) is 8.63. The number of carbonyl (C=O) groups is 1. The maximum absolute atomic E-state index is 13.6. The van der Waals surface area contributed by atoms with Crippen LogP contribution in [-0.4, -0.2) is 43.4 Å². The van der Waals surface area contributed by atoms with Crippen molar-refractivity contribution in [2.45, 2.75) is 12.8 Å². The molecule has 2 aliphatic rings. The maximum Gasteiger partial charge on any atom is 0.344 e. The number of morpholine rings is 1. The molecule has 0 radical (unpaired) electrons. The number of ether oxygens (including phenoxy) is 2. The van der Waals surface area contributed by atoms with Crippen molar-refractivity contribution in [1.82, 2.24) is 4.90 Å². The molecule has 1 aliphatic carbocycles. The Morgan fingerprint density at radius 1 is 0.861 bits per heavy atom. The molecule has 1 fully saturated rings. The highest BCUT2D eigenvalue weighted by atomic mass is 16.5. The molecule has 0 amide bonds. The molecule has 3 aromatic rings. The molecule has 0 bridgehead atoms. The summed E-state index contributed by atoms with van der Waals surface area (Å²) in [6, 6.07) is 28.9. The fourth-order valence-electron chi connectivity index (χ4n) is 4.60. The summed E-state index contributed by atoms with van der Waals surface area (Å²) in [6.07, 6.45) is 3.40. The first-order valence-electron chi connectivity index (χ1n) is 12.3. The molecule has 0 atom stereocenters. The lowest BCUT2D eigenvalue weighted by molar-refractivity contribution is -0.128. The average molecular weight is 480 g/mol. The molecule has 0 unspecified atom stereocenters. The predicted molar refractivity (Wildman–Crippen MR) is 143 cm³/mol. The number of carbonyl (C=O) groups excluding carboxylic acids is 1. The largest absolute Gasteiger partial charge is 0.423 e. The van der Waals surface area contributed by atoms with Crippen molar-refractivity contribution < 1.29 is 14.3 Å². The van der Waals surface area contributed by atoms with E-state index in [9.17, 15) is 4.79 Å². The van der Waals surface area contributed by atoms with Gasteiger partial charge in [-0.3, -0.25) is 5.43 Å². The van der Waals surface area contributed by atoms with E-state index in [2.05, 4.69) is 15.4 Å². The van der Waals surface area contributed by atoms with Gasteiger partial charge in [-0.2, -0.15) is 5.10 Å². The molecule has 182 valence electrons. The van der Waals surface area contributed by atoms with E-state index in [1.165, 1.54) is 0 Å². The molecule has 0 aromatic heterocycles. The molecule has 0 spiro atoms. The van der Waals surface area contributed by atoms with Crippen molar-refractivity contribution >= 4 is 23.4 Å². The number of esters is 1. The number of anilines is 1. The first-order valence-corrected chi connectivity index (χ1v) is 12.3. The van der Waals surface area contributed by atoms with Crippen LogP contribution in [0.25, 0.3) is 5.57 Å². The van der Waals surface area contributed by atoms with Crippen molar-refractivity contribution in [2.24, 2.45) is 5.10 Å². The van der Waals surface area contributed by atoms with Crippen LogP contribution in [0.2, 0.25) is 0 Å². The van der Waals surface area contributed by atoms with Gasteiger partial charge >= 0.3 is 5.97 Å². The van der Waals surface area contributed by atoms with Crippen molar-refractivity contribution in [1.29, 1.82) is 0 Å². The Morgan fingerprint density at radius 3 is 2.19 bits per heavy atom. The average Bonchev–Trinajstić information content (AvgIpc) is 3.34. The van der Waals surface area contributed by atoms with Gasteiger partial charge in [0.1, 0.15) is 5.75 Å². The maximum atomic E-state index is 13.6. The van der Waals surface area contributed by atoms with Crippen molar-refractivity contribution in [2.75, 3.05) is 31.7 Å². The summed E-state index contributed by atoms with van der Waals surface area (Å²) in [6.45, 7) is 2.83. The van der Waals surface area contributed by atoms with Gasteiger partial charge in [0.05, 0.1) is 30.7 Å². The van der Waals surface area contributed by atoms with Gasteiger partial charge in [-0.05, 0) is 53.8 Å². The Balaban J connectivity index is 1.56. The van der Waals surface area contributed by atoms with Crippen LogP contribution in [0.3, 0.4) is 0 Å². The monoisotopic (exact) mass is 479 g/mol. The summed E-state index contributed by atoms with van der Waals surface area (Å²) in [7, 11) is 0. The van der Waals surface area contributed by atoms with Gasteiger partial charge in [0.2, 0.25) is 0 Å². The summed E-state index contributed by atoms with van der Waals surface area (Å²) in [5.41, 5.74) is 8.62. The minimum Gasteiger partial charge on any atom is -0.423 e. The molecule has 6 heteroatoms. The van der Waals surface area contributed by atoms with E-state index in [1.807, 2.05) is 85.1 Å². The number of nitrogens with one attached hydrogen (secondary N) is 1. The molecule has 3 aromatic carbocycles. The lowest BCUT2D eigenvalue weighted by atomic mass is 9.97. The first kappa shape index (κ1) is 23.6. The molecule has 1 saturated heterocycles. The van der Waals surface area contributed by atoms with Crippen LogP contribution in [0.15, 0.2) is 113 Å². The highest BCUT2D eigenvalue weighted by Crippen LogP contribution is 2.39. The number of benzene rings is 3. The fraction of sp³-hybridized carbons (Fsp3) is 0.200. The predicted octanol–water partition coefficient (Wildman–Crippen LogP) is 5.52. The van der Waals surface area contributed by atoms with Crippen LogP contribution in [0.4, 0.5) is 5.69 Å². The second-order valence-electron chi connectivity index (χ2n) is 8.63. The molecule has 1 heterocycles. The van der Waals surface area contributed by atoms with Crippen molar-refractivity contribution in [3.8, 4) is 5.75 Å². The van der Waals surface area contributed by atoms with E-state index in [0.717, 1.165) is 54.0 Å². The summed E-state index contributed by atoms with van der Waals surface area (Å²) in [5.74, 6) is 0.175. The van der Waals surface area contributed by atoms with Crippen LogP contribution in [0.1, 0.15) is 18.4 Å². The topological polar surface area (TPSA) is 63.2 Å². The highest BCUT2D eigenvalue weighted by molar-refractivity contribution is 6.19. The van der Waals surface area contributed by atoms with Gasteiger partial charge in [-0.1, -0.05) is 66.7 Å². The minimum atomic E-state index is -0.353. The lowest BCUT2D eigenvalue weighted by Gasteiger charge is -2.32. The standard InChI is InChI=1S/C30H29N3O3/c34-30(36-26-14-8-3-9-15-26)28(23-10-4-1-5-11-23)27-17-16-24(29(27)33-18-20-35-21-19-33)22-31-32-25-12-6-2-7-13-25/h1-15,22,32H,16-21H2/b28-27+,31-22-. The zero-order valence-electron chi connectivity index (χ0n) is 20.1. The van der Waals surface area contributed by atoms with Crippen LogP contribution in [-0.2, 0) is 9.53 Å². The van der Waals surface area contributed by atoms with Gasteiger partial charge in [0.15, 0.2) is 0 Å². The van der Waals surface area contributed by atoms with Gasteiger partial charge in [-0.15, -0.1) is 0 Å². The van der Waals surface area contributed by atoms with Gasteiger partial charge < -0.3 is 14.4 Å². The van der Waals surface area contributed by atoms with E-state index in [4.69, 9.17) is 9.47 Å². The molecule has 1 N–H and O–H groups in total. The van der Waals surface area contributed by atoms with Crippen molar-refractivity contribution in [3.05, 3.63) is 113 Å². The van der Waals surface area contributed by atoms with Gasteiger partial charge in [-0.25, -0.2) is 4.79 Å². The molecule has 0 saturated carbocycles. The molecule has 1 aliphatic heterocycles. The van der Waals surface area contributed by atoms with E-state index >= 15 is 0 Å². The number of rotatable bonds is 7. The Morgan fingerprint density at radius 2 is 1.50 bits per heavy atom. The molecular formula is C30H29N3O3. The normalized spacial score (nSPS) is 17.4. The summed E-state index contributed by atoms with van der Waals surface area (Å²) in [5, 5.41) is 4.52. The third-order valence-electron chi connectivity index (χ3n) is 6.27. The smallest absolute Gasteiger partial charge is 0.344 e. The number of hydrazone groups is 1. The van der Waals surface area contributed by atoms with E-state index in [-0.39, 0.29) is 5.97 Å². The number of allylic oxidation sites excluding steroid dienone is 2. The number of para-hydroxylation sites is 2. The van der Waals surface area contributed by atoms with Crippen LogP contribution >= 0.6 is 0 Å². The summed E-state index contributed by atoms with van der Waals surface area (Å²) >= 11 is 0. The number of hydrogen-bond acceptors (Lipinski definition) is 6. The second kappa shape index (κ2) is 11.5. The quantitative estimate of drug-likeness (QED) is 0.159. The zero-order chi connectivity index (χ0) is 24.6. The van der Waals surface area contributed by atoms with Crippen molar-refractivity contribution in [3.63, 3.8) is 0 Å². The van der Waals surface area contributed by atoms with E-state index in [1.54, 1.807) is 12.1 Å². The van der Waals surface area contributed by atoms with E-state index < -0.39 is 0 Å². The number of hydrogen-bond donors (Lipinski definition) is 1. The van der Waals surface area contributed by atoms with Gasteiger partial charge in [0, 0.05) is 18.8 Å². The lowest BCUT2D eigenvalue weighted by Crippen LogP contribution is -2.36. The third-order valence-corrected chi connectivity index (χ3v) is 6.27. The Hall–Kier alpha value is -4.16. The highest BCUT2D eigenvalue weighted by Gasteiger charge is 2.31. The molecule has 36 heavy (non-hydrogen) atoms. The number of nitrogens with zero attached hydrogens (tertiary/aromatic N) is 2. The Bertz CT molecular complexity index is 1260.